The molecule has 8 nitrogen and oxygen atoms in total. The highest BCUT2D eigenvalue weighted by Gasteiger charge is 2.40. The number of aromatic nitrogens is 1. The lowest BCUT2D eigenvalue weighted by atomic mass is 9.93. The van der Waals surface area contributed by atoms with E-state index in [2.05, 4.69) is 5.32 Å². The fourth-order valence-electron chi connectivity index (χ4n) is 5.01. The van der Waals surface area contributed by atoms with Crippen LogP contribution in [0.3, 0.4) is 0 Å². The predicted molar refractivity (Wildman–Crippen MR) is 136 cm³/mol. The number of hydrogen-bond acceptors (Lipinski definition) is 5. The molecule has 2 heterocycles. The monoisotopic (exact) mass is 487 g/mol. The number of urea groups is 1. The average Bonchev–Trinajstić information content (AvgIpc) is 3.25. The Labute approximate surface area is 209 Å². The van der Waals surface area contributed by atoms with Crippen LogP contribution >= 0.6 is 0 Å². The van der Waals surface area contributed by atoms with Crippen LogP contribution in [0.15, 0.2) is 60.3 Å². The maximum absolute atomic E-state index is 13.3. The highest BCUT2D eigenvalue weighted by molar-refractivity contribution is 6.31. The van der Waals surface area contributed by atoms with E-state index in [9.17, 15) is 14.4 Å². The van der Waals surface area contributed by atoms with E-state index in [1.54, 1.807) is 13.2 Å². The fourth-order valence-corrected chi connectivity index (χ4v) is 5.01. The quantitative estimate of drug-likeness (QED) is 0.391. The zero-order chi connectivity index (χ0) is 25.1. The van der Waals surface area contributed by atoms with Gasteiger partial charge in [0.25, 0.3) is 11.8 Å². The van der Waals surface area contributed by atoms with E-state index in [4.69, 9.17) is 9.47 Å². The number of nitrogens with one attached hydrogen (secondary N) is 1. The first-order valence-corrected chi connectivity index (χ1v) is 12.3. The number of fused-ring (bicyclic) bond motifs is 1. The van der Waals surface area contributed by atoms with Gasteiger partial charge in [0, 0.05) is 28.7 Å². The van der Waals surface area contributed by atoms with Crippen molar-refractivity contribution in [2.24, 2.45) is 0 Å². The average molecular weight is 488 g/mol. The number of ether oxygens (including phenoxy) is 2. The first kappa shape index (κ1) is 23.7. The molecule has 8 heteroatoms. The van der Waals surface area contributed by atoms with E-state index in [-0.39, 0.29) is 11.6 Å². The second-order valence-electron chi connectivity index (χ2n) is 9.10. The van der Waals surface area contributed by atoms with Crippen molar-refractivity contribution < 1.29 is 23.9 Å². The molecule has 1 saturated carbocycles. The van der Waals surface area contributed by atoms with Gasteiger partial charge in [0.15, 0.2) is 0 Å². The predicted octanol–water partition coefficient (Wildman–Crippen LogP) is 4.52. The zero-order valence-corrected chi connectivity index (χ0v) is 20.2. The zero-order valence-electron chi connectivity index (χ0n) is 20.2. The number of amides is 4. The third-order valence-electron chi connectivity index (χ3n) is 6.85. The lowest BCUT2D eigenvalue weighted by Gasteiger charge is -2.35. The number of nitrogens with zero attached hydrogens (tertiary/aromatic N) is 2. The first-order valence-electron chi connectivity index (χ1n) is 12.3. The molecule has 1 N–H and O–H groups in total. The van der Waals surface area contributed by atoms with Gasteiger partial charge in [-0.1, -0.05) is 37.5 Å². The molecule has 1 aromatic heterocycles. The van der Waals surface area contributed by atoms with Crippen LogP contribution in [0.2, 0.25) is 0 Å². The Kier molecular flexibility index (Phi) is 6.75. The molecule has 0 radical (unpaired) electrons. The smallest absolute Gasteiger partial charge is 0.331 e. The van der Waals surface area contributed by atoms with Crippen LogP contribution in [0.4, 0.5) is 4.79 Å². The first-order chi connectivity index (χ1) is 17.5. The molecule has 0 bridgehead atoms. The molecule has 1 aliphatic heterocycles. The fraction of sp³-hybridized carbons (Fsp3) is 0.321. The van der Waals surface area contributed by atoms with Gasteiger partial charge in [-0.05, 0) is 49.2 Å². The minimum absolute atomic E-state index is 0.0161. The summed E-state index contributed by atoms with van der Waals surface area (Å²) in [5, 5.41) is 3.28. The summed E-state index contributed by atoms with van der Waals surface area (Å²) < 4.78 is 13.1. The van der Waals surface area contributed by atoms with Crippen LogP contribution in [0.5, 0.6) is 11.5 Å². The molecule has 2 aliphatic rings. The number of methoxy groups -OCH3 is 1. The number of imide groups is 2. The number of hydrogen-bond donors (Lipinski definition) is 1. The van der Waals surface area contributed by atoms with Crippen molar-refractivity contribution in [2.75, 3.05) is 13.7 Å². The van der Waals surface area contributed by atoms with E-state index < -0.39 is 17.8 Å². The SMILES string of the molecule is COc1ccc(OCCn2cc(/C=C3\C(=O)NC(=O)N(C4CCCCC4)C3=O)c3ccccc32)cc1. The second-order valence-corrected chi connectivity index (χ2v) is 9.10. The summed E-state index contributed by atoms with van der Waals surface area (Å²) in [6.07, 6.45) is 8.10. The van der Waals surface area contributed by atoms with Crippen LogP contribution in [0.1, 0.15) is 37.7 Å². The third-order valence-corrected chi connectivity index (χ3v) is 6.85. The summed E-state index contributed by atoms with van der Waals surface area (Å²) in [6.45, 7) is 1.01. The van der Waals surface area contributed by atoms with Crippen molar-refractivity contribution in [3.05, 3.63) is 65.9 Å². The number of benzene rings is 2. The number of para-hydroxylation sites is 1. The molecular formula is C28H29N3O5. The van der Waals surface area contributed by atoms with Crippen LogP contribution < -0.4 is 14.8 Å². The van der Waals surface area contributed by atoms with Gasteiger partial charge < -0.3 is 14.0 Å². The van der Waals surface area contributed by atoms with Crippen LogP contribution in [0.25, 0.3) is 17.0 Å². The van der Waals surface area contributed by atoms with E-state index in [0.717, 1.165) is 60.1 Å². The van der Waals surface area contributed by atoms with Gasteiger partial charge in [-0.25, -0.2) is 4.79 Å². The Morgan fingerprint density at radius 3 is 2.44 bits per heavy atom. The Bertz CT molecular complexity index is 1320. The van der Waals surface area contributed by atoms with Gasteiger partial charge in [0.1, 0.15) is 23.7 Å². The Morgan fingerprint density at radius 1 is 0.972 bits per heavy atom. The number of carbonyl (C=O) groups is 3. The summed E-state index contributed by atoms with van der Waals surface area (Å²) in [5.41, 5.74) is 1.69. The summed E-state index contributed by atoms with van der Waals surface area (Å²) in [7, 11) is 1.62. The number of barbiturate groups is 1. The lowest BCUT2D eigenvalue weighted by molar-refractivity contribution is -0.132. The van der Waals surface area contributed by atoms with Crippen molar-refractivity contribution in [1.29, 1.82) is 0 Å². The Balaban J connectivity index is 1.39. The molecule has 0 spiro atoms. The number of rotatable bonds is 7. The summed E-state index contributed by atoms with van der Waals surface area (Å²) in [5.74, 6) is 0.333. The normalized spacial score (nSPS) is 18.1. The highest BCUT2D eigenvalue weighted by atomic mass is 16.5. The standard InChI is InChI=1S/C28H29N3O5/c1-35-21-11-13-22(14-12-21)36-16-15-30-18-19(23-9-5-6-10-25(23)30)17-24-26(32)29-28(34)31(27(24)33)20-7-3-2-4-8-20/h5-6,9-14,17-18,20H,2-4,7-8,15-16H2,1H3,(H,29,32,34)/b24-17+. The minimum Gasteiger partial charge on any atom is -0.497 e. The van der Waals surface area contributed by atoms with Gasteiger partial charge in [-0.3, -0.25) is 19.8 Å². The molecule has 2 aromatic carbocycles. The highest BCUT2D eigenvalue weighted by Crippen LogP contribution is 2.28. The van der Waals surface area contributed by atoms with Crippen LogP contribution in [-0.2, 0) is 16.1 Å². The van der Waals surface area contributed by atoms with Crippen molar-refractivity contribution in [1.82, 2.24) is 14.8 Å². The molecule has 3 aromatic rings. The van der Waals surface area contributed by atoms with Crippen molar-refractivity contribution in [3.63, 3.8) is 0 Å². The molecular weight excluding hydrogens is 458 g/mol. The third kappa shape index (κ3) is 4.71. The van der Waals surface area contributed by atoms with Crippen molar-refractivity contribution in [2.45, 2.75) is 44.7 Å². The van der Waals surface area contributed by atoms with Crippen molar-refractivity contribution in [3.8, 4) is 11.5 Å². The van der Waals surface area contributed by atoms with Gasteiger partial charge in [-0.15, -0.1) is 0 Å². The molecule has 0 atom stereocenters. The topological polar surface area (TPSA) is 89.9 Å². The molecule has 1 aliphatic carbocycles. The minimum atomic E-state index is -0.656. The molecule has 1 saturated heterocycles. The van der Waals surface area contributed by atoms with Gasteiger partial charge >= 0.3 is 6.03 Å². The molecule has 5 rings (SSSR count). The second kappa shape index (κ2) is 10.3. The van der Waals surface area contributed by atoms with E-state index in [1.807, 2.05) is 59.3 Å². The maximum Gasteiger partial charge on any atom is 0.331 e. The van der Waals surface area contributed by atoms with Crippen LogP contribution in [-0.4, -0.2) is 47.1 Å². The molecule has 4 amide bonds. The summed E-state index contributed by atoms with van der Waals surface area (Å²) in [4.78, 5) is 39.8. The summed E-state index contributed by atoms with van der Waals surface area (Å²) in [6, 6.07) is 14.4. The van der Waals surface area contributed by atoms with Gasteiger partial charge in [0.2, 0.25) is 0 Å². The Morgan fingerprint density at radius 2 is 1.69 bits per heavy atom. The van der Waals surface area contributed by atoms with E-state index in [0.29, 0.717) is 13.2 Å². The lowest BCUT2D eigenvalue weighted by Crippen LogP contribution is -2.58. The molecule has 2 fully saturated rings. The van der Waals surface area contributed by atoms with Gasteiger partial charge in [-0.2, -0.15) is 0 Å². The Hall–Kier alpha value is -4.07. The molecule has 186 valence electrons. The summed E-state index contributed by atoms with van der Waals surface area (Å²) >= 11 is 0. The van der Waals surface area contributed by atoms with E-state index >= 15 is 0 Å². The largest absolute Gasteiger partial charge is 0.497 e. The van der Waals surface area contributed by atoms with Crippen LogP contribution in [0, 0.1) is 0 Å². The maximum atomic E-state index is 13.3. The van der Waals surface area contributed by atoms with Gasteiger partial charge in [0.05, 0.1) is 13.7 Å². The molecule has 0 unspecified atom stereocenters. The van der Waals surface area contributed by atoms with Crippen molar-refractivity contribution >= 4 is 34.8 Å². The van der Waals surface area contributed by atoms with E-state index in [1.165, 1.54) is 4.90 Å². The number of carbonyl (C=O) groups excluding carboxylic acids is 3. The molecule has 36 heavy (non-hydrogen) atoms.